The standard InChI is InChI=1S/C13H24N4O/c1-6-18-13-9-12(15-11(4)16-13)14-7-8-17(5)10(2)3/h9-10H,6-8H2,1-5H3,(H,14,15,16). The van der Waals surface area contributed by atoms with Gasteiger partial charge in [0.1, 0.15) is 11.6 Å². The van der Waals surface area contributed by atoms with Crippen molar-refractivity contribution in [3.63, 3.8) is 0 Å². The summed E-state index contributed by atoms with van der Waals surface area (Å²) < 4.78 is 5.39. The van der Waals surface area contributed by atoms with E-state index in [1.54, 1.807) is 0 Å². The zero-order valence-corrected chi connectivity index (χ0v) is 12.0. The van der Waals surface area contributed by atoms with Crippen LogP contribution in [0.3, 0.4) is 0 Å². The number of nitrogens with one attached hydrogen (secondary N) is 1. The molecule has 0 aliphatic carbocycles. The molecule has 5 heteroatoms. The van der Waals surface area contributed by atoms with E-state index in [2.05, 4.69) is 41.1 Å². The molecule has 0 amide bonds. The van der Waals surface area contributed by atoms with E-state index >= 15 is 0 Å². The van der Waals surface area contributed by atoms with Gasteiger partial charge in [0.25, 0.3) is 0 Å². The molecule has 1 rings (SSSR count). The first-order chi connectivity index (χ1) is 8.52. The van der Waals surface area contributed by atoms with Crippen LogP contribution in [-0.4, -0.2) is 47.7 Å². The number of rotatable bonds is 7. The third-order valence-corrected chi connectivity index (χ3v) is 2.76. The summed E-state index contributed by atoms with van der Waals surface area (Å²) in [6.07, 6.45) is 0. The van der Waals surface area contributed by atoms with E-state index in [0.717, 1.165) is 24.7 Å². The van der Waals surface area contributed by atoms with Gasteiger partial charge in [0.05, 0.1) is 6.61 Å². The smallest absolute Gasteiger partial charge is 0.218 e. The summed E-state index contributed by atoms with van der Waals surface area (Å²) >= 11 is 0. The normalized spacial score (nSPS) is 11.1. The number of anilines is 1. The maximum absolute atomic E-state index is 5.39. The minimum absolute atomic E-state index is 0.554. The summed E-state index contributed by atoms with van der Waals surface area (Å²) in [4.78, 5) is 10.8. The first kappa shape index (κ1) is 14.7. The summed E-state index contributed by atoms with van der Waals surface area (Å²) in [5.41, 5.74) is 0. The predicted octanol–water partition coefficient (Wildman–Crippen LogP) is 1.94. The first-order valence-corrected chi connectivity index (χ1v) is 6.45. The van der Waals surface area contributed by atoms with E-state index in [0.29, 0.717) is 18.5 Å². The van der Waals surface area contributed by atoms with E-state index in [-0.39, 0.29) is 0 Å². The Balaban J connectivity index is 2.51. The molecule has 0 saturated carbocycles. The van der Waals surface area contributed by atoms with Crippen molar-refractivity contribution in [3.05, 3.63) is 11.9 Å². The number of ether oxygens (including phenoxy) is 1. The predicted molar refractivity (Wildman–Crippen MR) is 74.2 cm³/mol. The molecule has 0 bridgehead atoms. The molecule has 0 radical (unpaired) electrons. The zero-order valence-electron chi connectivity index (χ0n) is 12.0. The lowest BCUT2D eigenvalue weighted by Crippen LogP contribution is -2.31. The van der Waals surface area contributed by atoms with E-state index in [1.165, 1.54) is 0 Å². The number of hydrogen-bond acceptors (Lipinski definition) is 5. The third-order valence-electron chi connectivity index (χ3n) is 2.76. The lowest BCUT2D eigenvalue weighted by atomic mass is 10.3. The molecule has 1 N–H and O–H groups in total. The van der Waals surface area contributed by atoms with Crippen LogP contribution >= 0.6 is 0 Å². The molecule has 0 atom stereocenters. The Morgan fingerprint density at radius 3 is 2.72 bits per heavy atom. The van der Waals surface area contributed by atoms with Crippen molar-refractivity contribution >= 4 is 5.82 Å². The summed E-state index contributed by atoms with van der Waals surface area (Å²) in [6, 6.07) is 2.39. The summed E-state index contributed by atoms with van der Waals surface area (Å²) in [7, 11) is 2.11. The molecular weight excluding hydrogens is 228 g/mol. The van der Waals surface area contributed by atoms with Gasteiger partial charge >= 0.3 is 0 Å². The van der Waals surface area contributed by atoms with Gasteiger partial charge in [0.2, 0.25) is 5.88 Å². The average molecular weight is 252 g/mol. The third kappa shape index (κ3) is 4.87. The molecule has 1 heterocycles. The minimum Gasteiger partial charge on any atom is -0.478 e. The molecule has 0 saturated heterocycles. The molecule has 1 aromatic rings. The van der Waals surface area contributed by atoms with Gasteiger partial charge in [0, 0.05) is 25.2 Å². The molecule has 0 aliphatic rings. The SMILES string of the molecule is CCOc1cc(NCCN(C)C(C)C)nc(C)n1. The van der Waals surface area contributed by atoms with Gasteiger partial charge in [-0.15, -0.1) is 0 Å². The van der Waals surface area contributed by atoms with Crippen LogP contribution in [0.25, 0.3) is 0 Å². The molecule has 1 aromatic heterocycles. The number of aryl methyl sites for hydroxylation is 1. The van der Waals surface area contributed by atoms with Gasteiger partial charge in [-0.05, 0) is 34.7 Å². The van der Waals surface area contributed by atoms with Crippen molar-refractivity contribution in [3.8, 4) is 5.88 Å². The Labute approximate surface area is 110 Å². The Morgan fingerprint density at radius 1 is 1.39 bits per heavy atom. The van der Waals surface area contributed by atoms with Crippen LogP contribution in [0.4, 0.5) is 5.82 Å². The Bertz CT molecular complexity index is 368. The van der Waals surface area contributed by atoms with Crippen LogP contribution in [0, 0.1) is 6.92 Å². The largest absolute Gasteiger partial charge is 0.478 e. The Hall–Kier alpha value is -1.36. The van der Waals surface area contributed by atoms with Gasteiger partial charge in [-0.1, -0.05) is 0 Å². The monoisotopic (exact) mass is 252 g/mol. The lowest BCUT2D eigenvalue weighted by Gasteiger charge is -2.21. The molecule has 0 spiro atoms. The van der Waals surface area contributed by atoms with E-state index < -0.39 is 0 Å². The lowest BCUT2D eigenvalue weighted by molar-refractivity contribution is 0.284. The van der Waals surface area contributed by atoms with Crippen LogP contribution < -0.4 is 10.1 Å². The van der Waals surface area contributed by atoms with Crippen LogP contribution in [0.1, 0.15) is 26.6 Å². The molecule has 0 aliphatic heterocycles. The van der Waals surface area contributed by atoms with E-state index in [9.17, 15) is 0 Å². The molecule has 0 aromatic carbocycles. The first-order valence-electron chi connectivity index (χ1n) is 6.45. The zero-order chi connectivity index (χ0) is 13.5. The second-order valence-electron chi connectivity index (χ2n) is 4.57. The van der Waals surface area contributed by atoms with Crippen molar-refractivity contribution < 1.29 is 4.74 Å². The quantitative estimate of drug-likeness (QED) is 0.803. The molecule has 102 valence electrons. The second-order valence-corrected chi connectivity index (χ2v) is 4.57. The van der Waals surface area contributed by atoms with Crippen LogP contribution in [0.15, 0.2) is 6.07 Å². The molecule has 0 fully saturated rings. The fourth-order valence-corrected chi connectivity index (χ4v) is 1.47. The highest BCUT2D eigenvalue weighted by atomic mass is 16.5. The van der Waals surface area contributed by atoms with Crippen molar-refractivity contribution in [2.24, 2.45) is 0 Å². The maximum Gasteiger partial charge on any atom is 0.218 e. The highest BCUT2D eigenvalue weighted by molar-refractivity contribution is 5.38. The van der Waals surface area contributed by atoms with Gasteiger partial charge in [-0.2, -0.15) is 4.98 Å². The maximum atomic E-state index is 5.39. The minimum atomic E-state index is 0.554. The fourth-order valence-electron chi connectivity index (χ4n) is 1.47. The molecule has 5 nitrogen and oxygen atoms in total. The van der Waals surface area contributed by atoms with Crippen molar-refractivity contribution in [2.45, 2.75) is 33.7 Å². The van der Waals surface area contributed by atoms with Crippen molar-refractivity contribution in [2.75, 3.05) is 32.1 Å². The van der Waals surface area contributed by atoms with Gasteiger partial charge in [-0.3, -0.25) is 0 Å². The number of likely N-dealkylation sites (N-methyl/N-ethyl adjacent to an activating group) is 1. The topological polar surface area (TPSA) is 50.3 Å². The van der Waals surface area contributed by atoms with Crippen LogP contribution in [0.2, 0.25) is 0 Å². The Kier molecular flexibility index (Phi) is 5.85. The number of hydrogen-bond donors (Lipinski definition) is 1. The van der Waals surface area contributed by atoms with Gasteiger partial charge in [-0.25, -0.2) is 4.98 Å². The summed E-state index contributed by atoms with van der Waals surface area (Å²) in [5.74, 6) is 2.17. The summed E-state index contributed by atoms with van der Waals surface area (Å²) in [5, 5.41) is 3.30. The summed E-state index contributed by atoms with van der Waals surface area (Å²) in [6.45, 7) is 10.6. The molecular formula is C13H24N4O. The highest BCUT2D eigenvalue weighted by Gasteiger charge is 2.04. The highest BCUT2D eigenvalue weighted by Crippen LogP contribution is 2.12. The fraction of sp³-hybridized carbons (Fsp3) is 0.692. The van der Waals surface area contributed by atoms with Crippen molar-refractivity contribution in [1.29, 1.82) is 0 Å². The van der Waals surface area contributed by atoms with Crippen molar-refractivity contribution in [1.82, 2.24) is 14.9 Å². The van der Waals surface area contributed by atoms with E-state index in [4.69, 9.17) is 4.74 Å². The number of aromatic nitrogens is 2. The van der Waals surface area contributed by atoms with Gasteiger partial charge in [0.15, 0.2) is 0 Å². The molecule has 18 heavy (non-hydrogen) atoms. The average Bonchev–Trinajstić information content (AvgIpc) is 2.28. The van der Waals surface area contributed by atoms with E-state index in [1.807, 2.05) is 19.9 Å². The van der Waals surface area contributed by atoms with Crippen LogP contribution in [-0.2, 0) is 0 Å². The van der Waals surface area contributed by atoms with Crippen LogP contribution in [0.5, 0.6) is 5.88 Å². The van der Waals surface area contributed by atoms with Gasteiger partial charge < -0.3 is 15.0 Å². The Morgan fingerprint density at radius 2 is 2.11 bits per heavy atom. The second kappa shape index (κ2) is 7.16. The number of nitrogens with zero attached hydrogens (tertiary/aromatic N) is 3. The molecule has 0 unspecified atom stereocenters.